The quantitative estimate of drug-likeness (QED) is 0.321. The molecule has 3 amide bonds. The second-order valence-electron chi connectivity index (χ2n) is 7.71. The summed E-state index contributed by atoms with van der Waals surface area (Å²) in [5.74, 6) is -1.15. The van der Waals surface area contributed by atoms with Gasteiger partial charge >= 0.3 is 0 Å². The van der Waals surface area contributed by atoms with Gasteiger partial charge in [-0.2, -0.15) is 0 Å². The zero-order valence-corrected chi connectivity index (χ0v) is 21.6. The zero-order chi connectivity index (χ0) is 26.5. The van der Waals surface area contributed by atoms with E-state index in [1.807, 2.05) is 0 Å². The third-order valence-electron chi connectivity index (χ3n) is 5.20. The Bertz CT molecular complexity index is 1420. The van der Waals surface area contributed by atoms with Gasteiger partial charge < -0.3 is 14.8 Å². The van der Waals surface area contributed by atoms with Crippen molar-refractivity contribution in [3.63, 3.8) is 0 Å². The van der Waals surface area contributed by atoms with Crippen LogP contribution in [0.2, 0.25) is 10.0 Å². The van der Waals surface area contributed by atoms with E-state index in [0.717, 1.165) is 4.90 Å². The average molecular weight is 561 g/mol. The van der Waals surface area contributed by atoms with Gasteiger partial charge in [0.1, 0.15) is 19.0 Å². The normalized spacial score (nSPS) is 14.3. The van der Waals surface area contributed by atoms with Crippen LogP contribution in [0.1, 0.15) is 11.1 Å². The molecule has 1 aliphatic heterocycles. The van der Waals surface area contributed by atoms with E-state index < -0.39 is 29.4 Å². The zero-order valence-electron chi connectivity index (χ0n) is 19.3. The molecule has 1 heterocycles. The van der Waals surface area contributed by atoms with E-state index in [4.69, 9.17) is 32.7 Å². The third-order valence-corrected chi connectivity index (χ3v) is 6.72. The number of rotatable bonds is 8. The number of carbonyl (C=O) groups excluding carboxylic acids is 3. The van der Waals surface area contributed by atoms with Gasteiger partial charge in [-0.1, -0.05) is 53.5 Å². The van der Waals surface area contributed by atoms with Crippen molar-refractivity contribution in [2.75, 3.05) is 19.0 Å². The summed E-state index contributed by atoms with van der Waals surface area (Å²) in [6, 6.07) is 15.9. The summed E-state index contributed by atoms with van der Waals surface area (Å²) in [5, 5.41) is 2.49. The number of anilines is 1. The number of amides is 3. The molecule has 0 unspecified atom stereocenters. The van der Waals surface area contributed by atoms with Crippen LogP contribution in [-0.2, 0) is 16.2 Å². The van der Waals surface area contributed by atoms with Gasteiger partial charge in [0.25, 0.3) is 11.1 Å². The van der Waals surface area contributed by atoms with E-state index in [1.54, 1.807) is 48.5 Å². The summed E-state index contributed by atoms with van der Waals surface area (Å²) in [4.78, 5) is 38.7. The number of ether oxygens (including phenoxy) is 2. The standard InChI is InChI=1S/C26H19Cl2FN2O5S/c1-35-21-11-15(10-18(28)24(21)36-14-16-6-2-4-8-19(16)29)12-22-25(33)31(26(34)37-22)13-23(32)30-20-9-5-3-7-17(20)27/h2-12H,13-14H2,1H3,(H,30,32)/b22-12+. The second kappa shape index (κ2) is 11.7. The summed E-state index contributed by atoms with van der Waals surface area (Å²) >= 11 is 13.1. The van der Waals surface area contributed by atoms with Crippen molar-refractivity contribution >= 4 is 63.8 Å². The van der Waals surface area contributed by atoms with E-state index in [9.17, 15) is 18.8 Å². The highest BCUT2D eigenvalue weighted by Crippen LogP contribution is 2.39. The molecule has 4 rings (SSSR count). The van der Waals surface area contributed by atoms with Crippen molar-refractivity contribution in [1.82, 2.24) is 4.90 Å². The molecule has 0 saturated carbocycles. The molecule has 1 saturated heterocycles. The molecule has 0 atom stereocenters. The van der Waals surface area contributed by atoms with Gasteiger partial charge in [-0.25, -0.2) is 4.39 Å². The average Bonchev–Trinajstić information content (AvgIpc) is 3.12. The smallest absolute Gasteiger partial charge is 0.294 e. The predicted octanol–water partition coefficient (Wildman–Crippen LogP) is 6.40. The Kier molecular flexibility index (Phi) is 8.38. The molecule has 1 fully saturated rings. The maximum atomic E-state index is 13.9. The lowest BCUT2D eigenvalue weighted by Crippen LogP contribution is -2.36. The van der Waals surface area contributed by atoms with Crippen LogP contribution in [0.25, 0.3) is 6.08 Å². The monoisotopic (exact) mass is 560 g/mol. The third kappa shape index (κ3) is 6.25. The lowest BCUT2D eigenvalue weighted by molar-refractivity contribution is -0.127. The Morgan fingerprint density at radius 1 is 1.08 bits per heavy atom. The van der Waals surface area contributed by atoms with Crippen LogP contribution in [-0.4, -0.2) is 35.6 Å². The summed E-state index contributed by atoms with van der Waals surface area (Å²) in [6.07, 6.45) is 1.46. The van der Waals surface area contributed by atoms with E-state index in [-0.39, 0.29) is 28.0 Å². The fraction of sp³-hybridized carbons (Fsp3) is 0.115. The van der Waals surface area contributed by atoms with Crippen molar-refractivity contribution in [3.05, 3.63) is 92.6 Å². The van der Waals surface area contributed by atoms with Crippen LogP contribution in [0.4, 0.5) is 14.9 Å². The van der Waals surface area contributed by atoms with Crippen LogP contribution in [0, 0.1) is 5.82 Å². The minimum atomic E-state index is -0.626. The van der Waals surface area contributed by atoms with Gasteiger partial charge in [0.2, 0.25) is 5.91 Å². The molecule has 0 aliphatic carbocycles. The first kappa shape index (κ1) is 26.5. The molecule has 0 bridgehead atoms. The molecule has 0 radical (unpaired) electrons. The van der Waals surface area contributed by atoms with Crippen LogP contribution in [0.5, 0.6) is 11.5 Å². The number of para-hydroxylation sites is 1. The molecular formula is C26H19Cl2FN2O5S. The van der Waals surface area contributed by atoms with Crippen molar-refractivity contribution in [2.45, 2.75) is 6.61 Å². The number of benzene rings is 3. The Hall–Kier alpha value is -3.53. The number of imide groups is 1. The molecular weight excluding hydrogens is 542 g/mol. The maximum Gasteiger partial charge on any atom is 0.294 e. The van der Waals surface area contributed by atoms with Crippen LogP contribution < -0.4 is 14.8 Å². The van der Waals surface area contributed by atoms with Gasteiger partial charge in [0.15, 0.2) is 11.5 Å². The Morgan fingerprint density at radius 3 is 2.54 bits per heavy atom. The molecule has 37 heavy (non-hydrogen) atoms. The largest absolute Gasteiger partial charge is 0.493 e. The molecule has 7 nitrogen and oxygen atoms in total. The highest BCUT2D eigenvalue weighted by Gasteiger charge is 2.36. The molecule has 1 aliphatic rings. The first-order valence-corrected chi connectivity index (χ1v) is 12.4. The van der Waals surface area contributed by atoms with E-state index in [0.29, 0.717) is 33.6 Å². The van der Waals surface area contributed by atoms with Gasteiger partial charge in [-0.05, 0) is 53.7 Å². The van der Waals surface area contributed by atoms with Crippen molar-refractivity contribution in [1.29, 1.82) is 0 Å². The van der Waals surface area contributed by atoms with E-state index in [1.165, 1.54) is 25.3 Å². The fourth-order valence-electron chi connectivity index (χ4n) is 3.41. The number of methoxy groups -OCH3 is 1. The molecule has 1 N–H and O–H groups in total. The number of halogens is 3. The van der Waals surface area contributed by atoms with Gasteiger partial charge in [-0.3, -0.25) is 19.3 Å². The Balaban J connectivity index is 1.48. The second-order valence-corrected chi connectivity index (χ2v) is 9.52. The molecule has 0 aromatic heterocycles. The number of hydrogen-bond donors (Lipinski definition) is 1. The van der Waals surface area contributed by atoms with Crippen molar-refractivity contribution in [2.24, 2.45) is 0 Å². The fourth-order valence-corrected chi connectivity index (χ4v) is 4.71. The molecule has 3 aromatic rings. The SMILES string of the molecule is COc1cc(/C=C2/SC(=O)N(CC(=O)Nc3ccccc3Cl)C2=O)cc(Cl)c1OCc1ccccc1F. The molecule has 190 valence electrons. The highest BCUT2D eigenvalue weighted by atomic mass is 35.5. The lowest BCUT2D eigenvalue weighted by atomic mass is 10.1. The highest BCUT2D eigenvalue weighted by molar-refractivity contribution is 8.18. The van der Waals surface area contributed by atoms with E-state index in [2.05, 4.69) is 5.32 Å². The number of hydrogen-bond acceptors (Lipinski definition) is 6. The van der Waals surface area contributed by atoms with Crippen LogP contribution >= 0.6 is 35.0 Å². The summed E-state index contributed by atoms with van der Waals surface area (Å²) in [5.41, 5.74) is 1.18. The summed E-state index contributed by atoms with van der Waals surface area (Å²) in [7, 11) is 1.41. The topological polar surface area (TPSA) is 84.9 Å². The number of thioether (sulfide) groups is 1. The Morgan fingerprint density at radius 2 is 1.81 bits per heavy atom. The molecule has 0 spiro atoms. The Labute approximate surface area is 226 Å². The van der Waals surface area contributed by atoms with Crippen LogP contribution in [0.3, 0.4) is 0 Å². The van der Waals surface area contributed by atoms with Crippen molar-refractivity contribution < 1.29 is 28.2 Å². The van der Waals surface area contributed by atoms with Gasteiger partial charge in [0, 0.05) is 5.56 Å². The van der Waals surface area contributed by atoms with Crippen LogP contribution in [0.15, 0.2) is 65.6 Å². The first-order chi connectivity index (χ1) is 17.8. The maximum absolute atomic E-state index is 13.9. The van der Waals surface area contributed by atoms with Gasteiger partial charge in [0.05, 0.1) is 27.7 Å². The number of nitrogens with zero attached hydrogens (tertiary/aromatic N) is 1. The minimum Gasteiger partial charge on any atom is -0.493 e. The lowest BCUT2D eigenvalue weighted by Gasteiger charge is -2.14. The summed E-state index contributed by atoms with van der Waals surface area (Å²) in [6.45, 7) is -0.544. The van der Waals surface area contributed by atoms with Gasteiger partial charge in [-0.15, -0.1) is 0 Å². The first-order valence-electron chi connectivity index (χ1n) is 10.8. The summed E-state index contributed by atoms with van der Waals surface area (Å²) < 4.78 is 25.0. The van der Waals surface area contributed by atoms with E-state index >= 15 is 0 Å². The molecule has 3 aromatic carbocycles. The van der Waals surface area contributed by atoms with Crippen molar-refractivity contribution in [3.8, 4) is 11.5 Å². The number of carbonyl (C=O) groups is 3. The number of nitrogens with one attached hydrogen (secondary N) is 1. The molecule has 11 heteroatoms. The predicted molar refractivity (Wildman–Crippen MR) is 141 cm³/mol. The minimum absolute atomic E-state index is 0.0722.